The fraction of sp³-hybridized carbons (Fsp3) is 0. The number of hydrogen-bond donors (Lipinski definition) is 0. The van der Waals surface area contributed by atoms with Gasteiger partial charge in [0.1, 0.15) is 18.2 Å². The summed E-state index contributed by atoms with van der Waals surface area (Å²) in [7, 11) is -4.09. The van der Waals surface area contributed by atoms with Crippen molar-refractivity contribution in [2.24, 2.45) is 0 Å². The highest BCUT2D eigenvalue weighted by Crippen LogP contribution is 2.24. The van der Waals surface area contributed by atoms with E-state index >= 15 is 0 Å². The van der Waals surface area contributed by atoms with E-state index in [0.717, 1.165) is 22.7 Å². The van der Waals surface area contributed by atoms with Crippen molar-refractivity contribution in [3.63, 3.8) is 0 Å². The molecule has 0 aliphatic heterocycles. The molecule has 0 amide bonds. The van der Waals surface area contributed by atoms with Crippen LogP contribution in [0.1, 0.15) is 0 Å². The molecule has 0 radical (unpaired) electrons. The van der Waals surface area contributed by atoms with Crippen LogP contribution in [-0.2, 0) is 10.0 Å². The third-order valence-corrected chi connectivity index (χ3v) is 4.76. The summed E-state index contributed by atoms with van der Waals surface area (Å²) < 4.78 is 26.0. The van der Waals surface area contributed by atoms with Gasteiger partial charge in [-0.1, -0.05) is 17.7 Å². The van der Waals surface area contributed by atoms with Crippen molar-refractivity contribution in [2.75, 3.05) is 0 Å². The Balaban J connectivity index is 2.23. The van der Waals surface area contributed by atoms with Crippen molar-refractivity contribution >= 4 is 38.5 Å². The minimum absolute atomic E-state index is 0.00786. The summed E-state index contributed by atoms with van der Waals surface area (Å²) in [5.41, 5.74) is -0.220. The number of rotatable bonds is 3. The third-order valence-electron chi connectivity index (χ3n) is 2.84. The quantitative estimate of drug-likeness (QED) is 0.403. The minimum atomic E-state index is -4.09. The Morgan fingerprint density at radius 3 is 2.73 bits per heavy atom. The summed E-state index contributed by atoms with van der Waals surface area (Å²) >= 11 is 5.82. The molecule has 2 aromatic heterocycles. The van der Waals surface area contributed by atoms with Gasteiger partial charge in [-0.25, -0.2) is 27.3 Å². The molecule has 0 atom stereocenters. The Morgan fingerprint density at radius 2 is 2.00 bits per heavy atom. The van der Waals surface area contributed by atoms with Gasteiger partial charge in [0.2, 0.25) is 0 Å². The van der Waals surface area contributed by atoms with E-state index in [9.17, 15) is 18.5 Å². The maximum Gasteiger partial charge on any atom is 0.270 e. The lowest BCUT2D eigenvalue weighted by atomic mass is 10.3. The van der Waals surface area contributed by atoms with Gasteiger partial charge in [-0.2, -0.15) is 0 Å². The summed E-state index contributed by atoms with van der Waals surface area (Å²) in [5.74, 6) is 0. The number of halogens is 1. The lowest BCUT2D eigenvalue weighted by Crippen LogP contribution is -2.12. The van der Waals surface area contributed by atoms with E-state index in [-0.39, 0.29) is 26.9 Å². The highest BCUT2D eigenvalue weighted by Gasteiger charge is 2.23. The molecule has 0 spiro atoms. The number of nitro benzene ring substituents is 1. The van der Waals surface area contributed by atoms with Gasteiger partial charge in [-0.3, -0.25) is 10.1 Å². The molecular weight excluding hydrogens is 334 g/mol. The summed E-state index contributed by atoms with van der Waals surface area (Å²) in [6.45, 7) is 0. The summed E-state index contributed by atoms with van der Waals surface area (Å²) in [5, 5.41) is 10.8. The van der Waals surface area contributed by atoms with Crippen molar-refractivity contribution in [3.05, 3.63) is 52.2 Å². The van der Waals surface area contributed by atoms with Crippen LogP contribution >= 0.6 is 11.6 Å². The maximum atomic E-state index is 12.6. The van der Waals surface area contributed by atoms with E-state index < -0.39 is 14.9 Å². The Hall–Kier alpha value is -2.59. The van der Waals surface area contributed by atoms with Gasteiger partial charge in [0.25, 0.3) is 15.7 Å². The molecule has 0 saturated carbocycles. The lowest BCUT2D eigenvalue weighted by Gasteiger charge is -2.05. The predicted molar refractivity (Wildman–Crippen MR) is 76.0 cm³/mol. The smallest absolute Gasteiger partial charge is 0.258 e. The Bertz CT molecular complexity index is 1000. The Labute approximate surface area is 128 Å². The second kappa shape index (κ2) is 5.00. The van der Waals surface area contributed by atoms with Crippen molar-refractivity contribution < 1.29 is 13.3 Å². The highest BCUT2D eigenvalue weighted by atomic mass is 35.5. The van der Waals surface area contributed by atoms with E-state index in [1.807, 2.05) is 0 Å². The van der Waals surface area contributed by atoms with Gasteiger partial charge < -0.3 is 0 Å². The fourth-order valence-corrected chi connectivity index (χ4v) is 3.29. The molecule has 2 heterocycles. The van der Waals surface area contributed by atoms with Crippen LogP contribution in [0.3, 0.4) is 0 Å². The molecule has 0 fully saturated rings. The molecular formula is C11H6ClN5O4S. The van der Waals surface area contributed by atoms with E-state index in [1.54, 1.807) is 0 Å². The minimum Gasteiger partial charge on any atom is -0.258 e. The van der Waals surface area contributed by atoms with E-state index in [4.69, 9.17) is 11.6 Å². The number of non-ortho nitro benzene ring substituents is 1. The molecule has 0 unspecified atom stereocenters. The van der Waals surface area contributed by atoms with Crippen molar-refractivity contribution in [3.8, 4) is 0 Å². The normalized spacial score (nSPS) is 11.7. The van der Waals surface area contributed by atoms with Crippen LogP contribution in [0, 0.1) is 10.1 Å². The number of imidazole rings is 1. The standard InChI is InChI=1S/C11H6ClN5O4S/c12-10-9-11(14-5-13-10)16(6-15-9)22(20,21)8-3-1-2-7(4-8)17(18)19/h1-6H. The zero-order chi connectivity index (χ0) is 15.9. The van der Waals surface area contributed by atoms with Crippen LogP contribution in [0.4, 0.5) is 5.69 Å². The van der Waals surface area contributed by atoms with Crippen LogP contribution in [-0.4, -0.2) is 32.3 Å². The molecule has 22 heavy (non-hydrogen) atoms. The van der Waals surface area contributed by atoms with Gasteiger partial charge >= 0.3 is 0 Å². The van der Waals surface area contributed by atoms with Crippen molar-refractivity contribution in [1.29, 1.82) is 0 Å². The van der Waals surface area contributed by atoms with Gasteiger partial charge in [0.15, 0.2) is 10.8 Å². The van der Waals surface area contributed by atoms with Gasteiger partial charge in [-0.15, -0.1) is 0 Å². The van der Waals surface area contributed by atoms with Crippen LogP contribution in [0.25, 0.3) is 11.2 Å². The van der Waals surface area contributed by atoms with Gasteiger partial charge in [0, 0.05) is 12.1 Å². The van der Waals surface area contributed by atoms with Gasteiger partial charge in [0.05, 0.1) is 9.82 Å². The van der Waals surface area contributed by atoms with Crippen molar-refractivity contribution in [2.45, 2.75) is 4.90 Å². The van der Waals surface area contributed by atoms with Crippen LogP contribution < -0.4 is 0 Å². The predicted octanol–water partition coefficient (Wildman–Crippen LogP) is 1.62. The van der Waals surface area contributed by atoms with Crippen LogP contribution in [0.15, 0.2) is 41.8 Å². The molecule has 0 aliphatic rings. The number of nitro groups is 1. The largest absolute Gasteiger partial charge is 0.270 e. The van der Waals surface area contributed by atoms with Crippen LogP contribution in [0.5, 0.6) is 0 Å². The molecule has 11 heteroatoms. The highest BCUT2D eigenvalue weighted by molar-refractivity contribution is 7.90. The molecule has 3 aromatic rings. The lowest BCUT2D eigenvalue weighted by molar-refractivity contribution is -0.385. The molecule has 0 aliphatic carbocycles. The number of nitrogens with zero attached hydrogens (tertiary/aromatic N) is 5. The number of benzene rings is 1. The molecule has 1 aromatic carbocycles. The first-order valence-electron chi connectivity index (χ1n) is 5.75. The summed E-state index contributed by atoms with van der Waals surface area (Å²) in [6, 6.07) is 4.69. The average molecular weight is 340 g/mol. The van der Waals surface area contributed by atoms with Crippen LogP contribution in [0.2, 0.25) is 5.15 Å². The SMILES string of the molecule is O=[N+]([O-])c1cccc(S(=O)(=O)n2cnc3c(Cl)ncnc32)c1. The van der Waals surface area contributed by atoms with E-state index in [1.165, 1.54) is 18.2 Å². The summed E-state index contributed by atoms with van der Waals surface area (Å²) in [6.07, 6.45) is 2.13. The Kier molecular flexibility index (Phi) is 3.26. The molecule has 112 valence electrons. The first-order valence-corrected chi connectivity index (χ1v) is 7.56. The fourth-order valence-electron chi connectivity index (χ4n) is 1.83. The second-order valence-corrected chi connectivity index (χ2v) is 6.31. The number of hydrogen-bond acceptors (Lipinski definition) is 7. The van der Waals surface area contributed by atoms with E-state index in [0.29, 0.717) is 0 Å². The van der Waals surface area contributed by atoms with Gasteiger partial charge in [-0.05, 0) is 6.07 Å². The molecule has 0 saturated heterocycles. The van der Waals surface area contributed by atoms with E-state index in [2.05, 4.69) is 15.0 Å². The molecule has 3 rings (SSSR count). The zero-order valence-corrected chi connectivity index (χ0v) is 12.2. The van der Waals surface area contributed by atoms with Crippen molar-refractivity contribution in [1.82, 2.24) is 18.9 Å². The third kappa shape index (κ3) is 2.18. The molecule has 0 N–H and O–H groups in total. The molecule has 9 nitrogen and oxygen atoms in total. The Morgan fingerprint density at radius 1 is 1.23 bits per heavy atom. The monoisotopic (exact) mass is 339 g/mol. The maximum absolute atomic E-state index is 12.6. The molecule has 0 bridgehead atoms. The number of aromatic nitrogens is 4. The second-order valence-electron chi connectivity index (χ2n) is 4.14. The number of fused-ring (bicyclic) bond motifs is 1. The summed E-state index contributed by atoms with van der Waals surface area (Å²) in [4.78, 5) is 21.3. The first kappa shape index (κ1) is 14.4. The topological polar surface area (TPSA) is 121 Å². The zero-order valence-electron chi connectivity index (χ0n) is 10.6. The average Bonchev–Trinajstić information content (AvgIpc) is 2.93. The first-order chi connectivity index (χ1) is 10.4.